The molecule has 1 aliphatic carbocycles. The summed E-state index contributed by atoms with van der Waals surface area (Å²) in [5, 5.41) is 3.16. The van der Waals surface area contributed by atoms with Crippen molar-refractivity contribution in [2.75, 3.05) is 12.0 Å². The summed E-state index contributed by atoms with van der Waals surface area (Å²) in [5.41, 5.74) is 5.82. The highest BCUT2D eigenvalue weighted by molar-refractivity contribution is 8.15. The highest BCUT2D eigenvalue weighted by Crippen LogP contribution is 2.66. The maximum atomic E-state index is 15.1. The second kappa shape index (κ2) is 8.61. The molecule has 2 unspecified atom stereocenters. The third-order valence-corrected chi connectivity index (χ3v) is 7.95. The number of alkyl halides is 1. The maximum Gasteiger partial charge on any atom is 0.233 e. The summed E-state index contributed by atoms with van der Waals surface area (Å²) in [5.74, 6) is -1.53. The second-order valence-corrected chi connectivity index (χ2v) is 10.5. The van der Waals surface area contributed by atoms with Gasteiger partial charge in [0.15, 0.2) is 29.2 Å². The molecule has 1 aliphatic heterocycles. The number of pyridine rings is 1. The van der Waals surface area contributed by atoms with Crippen molar-refractivity contribution < 1.29 is 22.3 Å². The van der Waals surface area contributed by atoms with Gasteiger partial charge in [0.1, 0.15) is 18.5 Å². The van der Waals surface area contributed by atoms with Gasteiger partial charge in [0.05, 0.1) is 28.2 Å². The van der Waals surface area contributed by atoms with Gasteiger partial charge in [-0.2, -0.15) is 0 Å². The van der Waals surface area contributed by atoms with E-state index in [4.69, 9.17) is 14.9 Å². The maximum absolute atomic E-state index is 15.1. The van der Waals surface area contributed by atoms with E-state index in [2.05, 4.69) is 30.2 Å². The third-order valence-electron chi connectivity index (χ3n) is 6.68. The van der Waals surface area contributed by atoms with Crippen molar-refractivity contribution in [3.63, 3.8) is 0 Å². The van der Waals surface area contributed by atoms with E-state index in [1.165, 1.54) is 30.9 Å². The Hall–Kier alpha value is -3.87. The van der Waals surface area contributed by atoms with Crippen LogP contribution in [0.2, 0.25) is 0 Å². The van der Waals surface area contributed by atoms with E-state index in [1.54, 1.807) is 13.0 Å². The van der Waals surface area contributed by atoms with Gasteiger partial charge in [0.25, 0.3) is 0 Å². The lowest BCUT2D eigenvalue weighted by Gasteiger charge is -2.33. The molecule has 0 spiro atoms. The summed E-state index contributed by atoms with van der Waals surface area (Å²) in [4.78, 5) is 21.5. The van der Waals surface area contributed by atoms with Crippen LogP contribution in [0.25, 0.3) is 11.0 Å². The lowest BCUT2D eigenvalue weighted by Crippen LogP contribution is -2.37. The van der Waals surface area contributed by atoms with Gasteiger partial charge >= 0.3 is 0 Å². The van der Waals surface area contributed by atoms with Crippen molar-refractivity contribution in [2.45, 2.75) is 30.2 Å². The smallest absolute Gasteiger partial charge is 0.233 e. The van der Waals surface area contributed by atoms with E-state index in [9.17, 15) is 8.78 Å². The predicted molar refractivity (Wildman–Crippen MR) is 131 cm³/mol. The van der Waals surface area contributed by atoms with Gasteiger partial charge < -0.3 is 20.2 Å². The number of nitrogens with one attached hydrogen (secondary N) is 1. The Morgan fingerprint density at radius 2 is 2.11 bits per heavy atom. The van der Waals surface area contributed by atoms with Gasteiger partial charge in [-0.25, -0.2) is 33.1 Å². The summed E-state index contributed by atoms with van der Waals surface area (Å²) in [6.07, 6.45) is 6.33. The van der Waals surface area contributed by atoms with Crippen molar-refractivity contribution in [3.8, 4) is 5.88 Å². The Labute approximate surface area is 212 Å². The zero-order valence-electron chi connectivity index (χ0n) is 19.4. The molecular weight excluding hydrogens is 507 g/mol. The number of amidine groups is 1. The molecule has 0 bridgehead atoms. The van der Waals surface area contributed by atoms with Crippen LogP contribution in [-0.2, 0) is 12.1 Å². The topological polar surface area (TPSA) is 124 Å². The van der Waals surface area contributed by atoms with E-state index in [-0.39, 0.29) is 40.6 Å². The fraction of sp³-hybridized carbons (Fsp3) is 0.292. The van der Waals surface area contributed by atoms with Crippen molar-refractivity contribution in [1.82, 2.24) is 19.9 Å². The van der Waals surface area contributed by atoms with E-state index in [0.29, 0.717) is 23.3 Å². The first-order valence-electron chi connectivity index (χ1n) is 11.3. The van der Waals surface area contributed by atoms with E-state index >= 15 is 4.39 Å². The molecule has 1 aromatic carbocycles. The Bertz CT molecular complexity index is 1540. The number of aromatic nitrogens is 4. The number of aliphatic imine (C=N–C) groups is 1. The molecule has 2 aliphatic rings. The fourth-order valence-electron chi connectivity index (χ4n) is 4.79. The minimum Gasteiger partial charge on any atom is -0.467 e. The van der Waals surface area contributed by atoms with Gasteiger partial charge in [-0.3, -0.25) is 4.99 Å². The molecule has 190 valence electrons. The van der Waals surface area contributed by atoms with E-state index < -0.39 is 28.6 Å². The minimum atomic E-state index is -1.22. The van der Waals surface area contributed by atoms with Gasteiger partial charge in [-0.1, -0.05) is 11.8 Å². The molecule has 37 heavy (non-hydrogen) atoms. The first-order valence-corrected chi connectivity index (χ1v) is 12.1. The lowest BCUT2D eigenvalue weighted by atomic mass is 9.85. The zero-order valence-corrected chi connectivity index (χ0v) is 20.2. The number of halogens is 3. The Morgan fingerprint density at radius 1 is 1.24 bits per heavy atom. The molecular formula is C24H20F3N7O2S. The summed E-state index contributed by atoms with van der Waals surface area (Å²) in [6, 6.07) is 4.11. The quantitative estimate of drug-likeness (QED) is 0.354. The third kappa shape index (κ3) is 4.02. The molecule has 4 heterocycles. The zero-order chi connectivity index (χ0) is 25.8. The van der Waals surface area contributed by atoms with Crippen LogP contribution in [0, 0.1) is 17.6 Å². The van der Waals surface area contributed by atoms with Crippen LogP contribution in [0.4, 0.5) is 24.7 Å². The summed E-state index contributed by atoms with van der Waals surface area (Å²) >= 11 is 1.16. The number of nitrogens with zero attached hydrogens (tertiary/aromatic N) is 5. The van der Waals surface area contributed by atoms with Gasteiger partial charge in [-0.05, 0) is 25.5 Å². The number of benzene rings is 1. The van der Waals surface area contributed by atoms with Crippen LogP contribution in [0.15, 0.2) is 52.5 Å². The van der Waals surface area contributed by atoms with Gasteiger partial charge in [0, 0.05) is 29.4 Å². The van der Waals surface area contributed by atoms with Crippen LogP contribution < -0.4 is 15.8 Å². The molecule has 0 saturated heterocycles. The SMILES string of the molecule is C[C@]1(c2cc(Nc3nccc4nc(OCc5ncco5)cnc34)cc(F)c2F)N=C(N)SC2(CF)CC21. The average molecular weight is 528 g/mol. The fourth-order valence-corrected chi connectivity index (χ4v) is 6.12. The van der Waals surface area contributed by atoms with Crippen molar-refractivity contribution in [1.29, 1.82) is 0 Å². The second-order valence-electron chi connectivity index (χ2n) is 9.05. The number of thioether (sulfide) groups is 1. The Balaban J connectivity index is 1.32. The summed E-state index contributed by atoms with van der Waals surface area (Å²) in [6.45, 7) is 1.11. The molecule has 3 aromatic heterocycles. The average Bonchev–Trinajstić information content (AvgIpc) is 3.39. The normalized spacial score (nSPS) is 24.4. The van der Waals surface area contributed by atoms with Crippen LogP contribution in [0.5, 0.6) is 5.88 Å². The molecule has 0 amide bonds. The van der Waals surface area contributed by atoms with E-state index in [0.717, 1.165) is 17.8 Å². The molecule has 9 nitrogen and oxygen atoms in total. The molecule has 13 heteroatoms. The van der Waals surface area contributed by atoms with Crippen LogP contribution in [0.1, 0.15) is 24.8 Å². The number of ether oxygens (including phenoxy) is 1. The minimum absolute atomic E-state index is 0.00730. The number of fused-ring (bicyclic) bond motifs is 2. The van der Waals surface area contributed by atoms with Crippen LogP contribution in [-0.4, -0.2) is 36.5 Å². The number of hydrogen-bond donors (Lipinski definition) is 2. The molecule has 6 rings (SSSR count). The lowest BCUT2D eigenvalue weighted by molar-refractivity contribution is 0.253. The molecule has 0 radical (unpaired) electrons. The summed E-state index contributed by atoms with van der Waals surface area (Å²) in [7, 11) is 0. The van der Waals surface area contributed by atoms with Gasteiger partial charge in [0.2, 0.25) is 11.8 Å². The van der Waals surface area contributed by atoms with Crippen LogP contribution >= 0.6 is 11.8 Å². The van der Waals surface area contributed by atoms with Crippen LogP contribution in [0.3, 0.4) is 0 Å². The van der Waals surface area contributed by atoms with Crippen molar-refractivity contribution in [2.24, 2.45) is 16.6 Å². The number of hydrogen-bond acceptors (Lipinski definition) is 10. The molecule has 1 saturated carbocycles. The number of rotatable bonds is 7. The first kappa shape index (κ1) is 23.5. The Kier molecular flexibility index (Phi) is 5.48. The summed E-state index contributed by atoms with van der Waals surface area (Å²) < 4.78 is 53.7. The molecule has 1 fully saturated rings. The number of nitrogens with two attached hydrogens (primary N) is 1. The monoisotopic (exact) mass is 527 g/mol. The largest absolute Gasteiger partial charge is 0.467 e. The molecule has 4 aromatic rings. The molecule has 3 atom stereocenters. The number of anilines is 2. The standard InChI is InChI=1S/C24H20F3N7O2S/c1-23(16-8-24(16,11-25)37-22(28)34-23)13-6-12(7-14(26)19(13)27)32-21-20-15(2-3-30-21)33-17(9-31-20)36-10-18-29-4-5-35-18/h2-7,9,16H,8,10-11H2,1H3,(H2,28,34)(H,30,32)/t16?,23-,24?/m1/s1. The first-order chi connectivity index (χ1) is 17.8. The van der Waals surface area contributed by atoms with E-state index in [1.807, 2.05) is 0 Å². The van der Waals surface area contributed by atoms with Crippen molar-refractivity contribution in [3.05, 3.63) is 66.1 Å². The highest BCUT2D eigenvalue weighted by Gasteiger charge is 2.66. The number of oxazole rings is 1. The molecule has 3 N–H and O–H groups in total. The van der Waals surface area contributed by atoms with Gasteiger partial charge in [-0.15, -0.1) is 0 Å². The predicted octanol–water partition coefficient (Wildman–Crippen LogP) is 4.62. The van der Waals surface area contributed by atoms with Crippen molar-refractivity contribution >= 4 is 39.5 Å². The highest BCUT2D eigenvalue weighted by atomic mass is 32.2. The Morgan fingerprint density at radius 3 is 2.89 bits per heavy atom.